The molecular weight excluding hydrogens is 286 g/mol. The lowest BCUT2D eigenvalue weighted by atomic mass is 9.90. The maximum Gasteiger partial charge on any atom is -0.0392 e. The molecule has 0 nitrogen and oxygen atoms in total. The first kappa shape index (κ1) is 25.3. The van der Waals surface area contributed by atoms with E-state index in [1.165, 1.54) is 33.4 Å². The molecule has 0 spiro atoms. The molecular formula is C12H22Cl4. The summed E-state index contributed by atoms with van der Waals surface area (Å²) in [4.78, 5) is 0. The lowest BCUT2D eigenvalue weighted by Gasteiger charge is -2.15. The van der Waals surface area contributed by atoms with Crippen LogP contribution >= 0.6 is 49.6 Å². The summed E-state index contributed by atoms with van der Waals surface area (Å²) in [5, 5.41) is 0. The van der Waals surface area contributed by atoms with Crippen molar-refractivity contribution in [2.45, 2.75) is 41.5 Å². The highest BCUT2D eigenvalue weighted by atomic mass is 35.5. The molecule has 0 saturated carbocycles. The van der Waals surface area contributed by atoms with Gasteiger partial charge in [-0.2, -0.15) is 0 Å². The number of rotatable bonds is 0. The third-order valence-electron chi connectivity index (χ3n) is 3.38. The van der Waals surface area contributed by atoms with Crippen molar-refractivity contribution in [3.05, 3.63) is 33.4 Å². The molecule has 0 aromatic heterocycles. The highest BCUT2D eigenvalue weighted by Crippen LogP contribution is 2.24. The smallest absolute Gasteiger partial charge is 0.0392 e. The molecule has 98 valence electrons. The number of hydrogen-bond donors (Lipinski definition) is 0. The first-order valence-electron chi connectivity index (χ1n) is 4.50. The van der Waals surface area contributed by atoms with Crippen molar-refractivity contribution in [2.24, 2.45) is 0 Å². The summed E-state index contributed by atoms with van der Waals surface area (Å²) in [7, 11) is 0. The van der Waals surface area contributed by atoms with Crippen LogP contribution in [-0.2, 0) is 0 Å². The second-order valence-electron chi connectivity index (χ2n) is 3.75. The summed E-state index contributed by atoms with van der Waals surface area (Å²) in [5.41, 5.74) is 8.73. The van der Waals surface area contributed by atoms with Crippen LogP contribution in [0.5, 0.6) is 0 Å². The lowest BCUT2D eigenvalue weighted by molar-refractivity contribution is 1.13. The minimum Gasteiger partial charge on any atom is -0.147 e. The van der Waals surface area contributed by atoms with Gasteiger partial charge in [-0.3, -0.25) is 0 Å². The fourth-order valence-electron chi connectivity index (χ4n) is 1.69. The van der Waals surface area contributed by atoms with Gasteiger partial charge in [0.1, 0.15) is 0 Å². The van der Waals surface area contributed by atoms with Crippen molar-refractivity contribution < 1.29 is 0 Å². The van der Waals surface area contributed by atoms with Crippen LogP contribution in [0.3, 0.4) is 0 Å². The van der Waals surface area contributed by atoms with Crippen molar-refractivity contribution in [3.63, 3.8) is 0 Å². The van der Waals surface area contributed by atoms with E-state index >= 15 is 0 Å². The molecule has 4 heteroatoms. The van der Waals surface area contributed by atoms with Crippen LogP contribution in [0.2, 0.25) is 0 Å². The molecule has 0 fully saturated rings. The molecule has 0 unspecified atom stereocenters. The van der Waals surface area contributed by atoms with Crippen molar-refractivity contribution in [1.82, 2.24) is 0 Å². The van der Waals surface area contributed by atoms with Gasteiger partial charge in [0.2, 0.25) is 0 Å². The summed E-state index contributed by atoms with van der Waals surface area (Å²) >= 11 is 0. The van der Waals surface area contributed by atoms with E-state index in [4.69, 9.17) is 0 Å². The Morgan fingerprint density at radius 1 is 0.312 bits per heavy atom. The predicted molar refractivity (Wildman–Crippen MR) is 83.9 cm³/mol. The van der Waals surface area contributed by atoms with Crippen molar-refractivity contribution >= 4 is 49.6 Å². The molecule has 0 saturated heterocycles. The first-order chi connectivity index (χ1) is 5.46. The predicted octanol–water partition coefficient (Wildman–Crippen LogP) is 5.22. The van der Waals surface area contributed by atoms with E-state index in [1.54, 1.807) is 0 Å². The Kier molecular flexibility index (Phi) is 14.9. The molecule has 1 rings (SSSR count). The monoisotopic (exact) mass is 306 g/mol. The quantitative estimate of drug-likeness (QED) is 0.616. The topological polar surface area (TPSA) is 0 Å². The van der Waals surface area contributed by atoms with Crippen molar-refractivity contribution in [2.75, 3.05) is 0 Å². The summed E-state index contributed by atoms with van der Waals surface area (Å²) in [5.74, 6) is 0. The third kappa shape index (κ3) is 4.33. The summed E-state index contributed by atoms with van der Waals surface area (Å²) < 4.78 is 0. The van der Waals surface area contributed by atoms with Crippen LogP contribution in [0.15, 0.2) is 0 Å². The van der Waals surface area contributed by atoms with Gasteiger partial charge in [-0.25, -0.2) is 0 Å². The Labute approximate surface area is 124 Å². The number of halogens is 4. The SMILES string of the molecule is Cc1c(C)c(C)c(C)c(C)c1C.Cl.Cl.Cl.Cl. The first-order valence-corrected chi connectivity index (χ1v) is 4.50. The molecule has 0 aliphatic heterocycles. The number of hydrogen-bond acceptors (Lipinski definition) is 0. The zero-order valence-corrected chi connectivity index (χ0v) is 13.9. The molecule has 1 aromatic carbocycles. The minimum atomic E-state index is 0. The van der Waals surface area contributed by atoms with Gasteiger partial charge in [-0.1, -0.05) is 0 Å². The molecule has 0 aliphatic carbocycles. The molecule has 0 heterocycles. The Bertz CT molecular complexity index is 227. The van der Waals surface area contributed by atoms with E-state index < -0.39 is 0 Å². The minimum absolute atomic E-state index is 0. The Morgan fingerprint density at radius 2 is 0.375 bits per heavy atom. The third-order valence-corrected chi connectivity index (χ3v) is 3.38. The molecule has 0 amide bonds. The van der Waals surface area contributed by atoms with Crippen LogP contribution in [0.25, 0.3) is 0 Å². The molecule has 0 bridgehead atoms. The highest BCUT2D eigenvalue weighted by Gasteiger charge is 2.07. The molecule has 0 radical (unpaired) electrons. The maximum absolute atomic E-state index is 2.21. The molecule has 16 heavy (non-hydrogen) atoms. The average Bonchev–Trinajstić information content (AvgIpc) is 2.08. The summed E-state index contributed by atoms with van der Waals surface area (Å²) in [6.07, 6.45) is 0. The largest absolute Gasteiger partial charge is 0.147 e. The van der Waals surface area contributed by atoms with Gasteiger partial charge in [-0.15, -0.1) is 49.6 Å². The van der Waals surface area contributed by atoms with Crippen LogP contribution in [0.1, 0.15) is 33.4 Å². The Morgan fingerprint density at radius 3 is 0.438 bits per heavy atom. The van der Waals surface area contributed by atoms with Crippen LogP contribution in [0, 0.1) is 41.5 Å². The van der Waals surface area contributed by atoms with E-state index in [0.29, 0.717) is 0 Å². The number of benzene rings is 1. The van der Waals surface area contributed by atoms with Gasteiger partial charge in [-0.05, 0) is 74.9 Å². The van der Waals surface area contributed by atoms with Gasteiger partial charge in [0.05, 0.1) is 0 Å². The second-order valence-corrected chi connectivity index (χ2v) is 3.75. The average molecular weight is 308 g/mol. The van der Waals surface area contributed by atoms with Gasteiger partial charge in [0.15, 0.2) is 0 Å². The van der Waals surface area contributed by atoms with E-state index in [9.17, 15) is 0 Å². The van der Waals surface area contributed by atoms with E-state index in [-0.39, 0.29) is 49.6 Å². The van der Waals surface area contributed by atoms with Crippen LogP contribution < -0.4 is 0 Å². The van der Waals surface area contributed by atoms with E-state index in [0.717, 1.165) is 0 Å². The highest BCUT2D eigenvalue weighted by molar-refractivity contribution is 5.86. The normalized spacial score (nSPS) is 7.88. The summed E-state index contributed by atoms with van der Waals surface area (Å²) in [6, 6.07) is 0. The second kappa shape index (κ2) is 9.41. The van der Waals surface area contributed by atoms with Gasteiger partial charge in [0.25, 0.3) is 0 Å². The molecule has 0 atom stereocenters. The maximum atomic E-state index is 2.21. The fraction of sp³-hybridized carbons (Fsp3) is 0.500. The van der Waals surface area contributed by atoms with Crippen LogP contribution in [0.4, 0.5) is 0 Å². The fourth-order valence-corrected chi connectivity index (χ4v) is 1.69. The Balaban J connectivity index is -0.000000180. The summed E-state index contributed by atoms with van der Waals surface area (Å²) in [6.45, 7) is 13.3. The van der Waals surface area contributed by atoms with Crippen molar-refractivity contribution in [3.8, 4) is 0 Å². The lowest BCUT2D eigenvalue weighted by Crippen LogP contribution is -1.98. The molecule has 0 N–H and O–H groups in total. The van der Waals surface area contributed by atoms with Crippen LogP contribution in [-0.4, -0.2) is 0 Å². The van der Waals surface area contributed by atoms with E-state index in [2.05, 4.69) is 41.5 Å². The van der Waals surface area contributed by atoms with Gasteiger partial charge < -0.3 is 0 Å². The zero-order chi connectivity index (χ0) is 9.46. The standard InChI is InChI=1S/C12H18.4ClH/c1-7-8(2)10(4)12(6)11(5)9(7)3;;;;/h1-6H3;4*1H. The van der Waals surface area contributed by atoms with Crippen molar-refractivity contribution in [1.29, 1.82) is 0 Å². The Hall–Kier alpha value is 0.380. The van der Waals surface area contributed by atoms with Gasteiger partial charge in [0, 0.05) is 0 Å². The van der Waals surface area contributed by atoms with E-state index in [1.807, 2.05) is 0 Å². The van der Waals surface area contributed by atoms with Gasteiger partial charge >= 0.3 is 0 Å². The molecule has 0 aliphatic rings. The molecule has 1 aromatic rings. The zero-order valence-electron chi connectivity index (χ0n) is 10.6.